The van der Waals surface area contributed by atoms with Crippen LogP contribution in [0.4, 0.5) is 5.69 Å². The van der Waals surface area contributed by atoms with Gasteiger partial charge in [0.05, 0.1) is 24.0 Å². The largest absolute Gasteiger partial charge is 0.316 e. The number of hydrogen-bond acceptors (Lipinski definition) is 4. The van der Waals surface area contributed by atoms with E-state index in [1.165, 1.54) is 17.3 Å². The Morgan fingerprint density at radius 1 is 1.17 bits per heavy atom. The van der Waals surface area contributed by atoms with Crippen molar-refractivity contribution in [2.75, 3.05) is 16.4 Å². The maximum Gasteiger partial charge on any atom is 0.252 e. The molecule has 2 heterocycles. The maximum absolute atomic E-state index is 12.7. The zero-order chi connectivity index (χ0) is 21.5. The molecule has 0 aliphatic carbocycles. The van der Waals surface area contributed by atoms with Crippen molar-refractivity contribution in [3.05, 3.63) is 65.2 Å². The van der Waals surface area contributed by atoms with Gasteiger partial charge in [-0.05, 0) is 36.1 Å². The number of carbonyl (C=O) groups is 1. The number of hydrogen-bond donors (Lipinski definition) is 0. The lowest BCUT2D eigenvalue weighted by atomic mass is 10.0. The molecule has 0 unspecified atom stereocenters. The first kappa shape index (κ1) is 21.1. The van der Waals surface area contributed by atoms with Gasteiger partial charge in [0.25, 0.3) is 5.91 Å². The molecule has 1 amide bonds. The van der Waals surface area contributed by atoms with Crippen molar-refractivity contribution in [2.24, 2.45) is 4.99 Å². The van der Waals surface area contributed by atoms with Crippen LogP contribution in [-0.4, -0.2) is 42.3 Å². The lowest BCUT2D eigenvalue weighted by Gasteiger charge is -2.25. The van der Waals surface area contributed by atoms with E-state index < -0.39 is 9.84 Å². The standard InChI is InChI=1S/C23H26N2O3S2/c1-15(2)18-7-9-19(10-8-18)25-20-13-30(27,28)14-21(20)29-23(25)24-22(26)12-17-6-4-5-16(3)11-17/h4-11,15,20-21H,12-14H2,1-3H3/t20-,21+/m0/s1. The molecule has 0 radical (unpaired) electrons. The van der Waals surface area contributed by atoms with E-state index >= 15 is 0 Å². The average molecular weight is 443 g/mol. The number of aryl methyl sites for hydroxylation is 1. The lowest BCUT2D eigenvalue weighted by Crippen LogP contribution is -2.37. The molecule has 7 heteroatoms. The summed E-state index contributed by atoms with van der Waals surface area (Å²) in [5.74, 6) is 0.431. The molecule has 30 heavy (non-hydrogen) atoms. The van der Waals surface area contributed by atoms with Gasteiger partial charge in [0, 0.05) is 10.9 Å². The maximum atomic E-state index is 12.7. The number of fused-ring (bicyclic) bond motifs is 1. The fourth-order valence-electron chi connectivity index (χ4n) is 4.03. The SMILES string of the molecule is Cc1cccc(CC(=O)N=C2S[C@@H]3CS(=O)(=O)C[C@@H]3N2c2ccc(C(C)C)cc2)c1. The van der Waals surface area contributed by atoms with E-state index in [1.807, 2.05) is 48.2 Å². The minimum absolute atomic E-state index is 0.0923. The number of amidine groups is 1. The van der Waals surface area contributed by atoms with Crippen LogP contribution in [0.3, 0.4) is 0 Å². The highest BCUT2D eigenvalue weighted by molar-refractivity contribution is 8.16. The molecule has 0 N–H and O–H groups in total. The van der Waals surface area contributed by atoms with E-state index in [0.717, 1.165) is 16.8 Å². The van der Waals surface area contributed by atoms with Crippen LogP contribution in [0.1, 0.15) is 36.5 Å². The van der Waals surface area contributed by atoms with Crippen molar-refractivity contribution in [2.45, 2.75) is 44.4 Å². The lowest BCUT2D eigenvalue weighted by molar-refractivity contribution is -0.117. The highest BCUT2D eigenvalue weighted by Gasteiger charge is 2.49. The zero-order valence-electron chi connectivity index (χ0n) is 17.4. The Labute approximate surface area is 182 Å². The number of amides is 1. The quantitative estimate of drug-likeness (QED) is 0.717. The molecule has 2 atom stereocenters. The summed E-state index contributed by atoms with van der Waals surface area (Å²) < 4.78 is 24.4. The van der Waals surface area contributed by atoms with Crippen LogP contribution in [0.25, 0.3) is 0 Å². The molecule has 2 fully saturated rings. The average Bonchev–Trinajstić information content (AvgIpc) is 3.12. The highest BCUT2D eigenvalue weighted by Crippen LogP contribution is 2.41. The molecule has 2 aliphatic rings. The van der Waals surface area contributed by atoms with Crippen LogP contribution in [0.5, 0.6) is 0 Å². The second-order valence-electron chi connectivity index (χ2n) is 8.37. The molecule has 0 spiro atoms. The smallest absolute Gasteiger partial charge is 0.252 e. The van der Waals surface area contributed by atoms with Gasteiger partial charge < -0.3 is 4.90 Å². The molecule has 0 aromatic heterocycles. The summed E-state index contributed by atoms with van der Waals surface area (Å²) in [7, 11) is -3.08. The first-order valence-corrected chi connectivity index (χ1v) is 12.9. The number of carbonyl (C=O) groups excluding carboxylic acids is 1. The van der Waals surface area contributed by atoms with Crippen LogP contribution in [0.15, 0.2) is 53.5 Å². The first-order valence-electron chi connectivity index (χ1n) is 10.2. The first-order chi connectivity index (χ1) is 14.2. The summed E-state index contributed by atoms with van der Waals surface area (Å²) in [6, 6.07) is 15.8. The number of thioether (sulfide) groups is 1. The third kappa shape index (κ3) is 4.47. The summed E-state index contributed by atoms with van der Waals surface area (Å²) in [6.07, 6.45) is 0.236. The van der Waals surface area contributed by atoms with E-state index in [0.29, 0.717) is 11.1 Å². The highest BCUT2D eigenvalue weighted by atomic mass is 32.2. The van der Waals surface area contributed by atoms with Gasteiger partial charge in [-0.15, -0.1) is 0 Å². The summed E-state index contributed by atoms with van der Waals surface area (Å²) in [4.78, 5) is 19.1. The molecule has 5 nitrogen and oxygen atoms in total. The Kier molecular flexibility index (Phi) is 5.77. The van der Waals surface area contributed by atoms with Gasteiger partial charge in [0.2, 0.25) is 0 Å². The van der Waals surface area contributed by atoms with E-state index in [2.05, 4.69) is 31.0 Å². The van der Waals surface area contributed by atoms with Crippen molar-refractivity contribution in [3.63, 3.8) is 0 Å². The van der Waals surface area contributed by atoms with E-state index in [-0.39, 0.29) is 35.1 Å². The summed E-state index contributed by atoms with van der Waals surface area (Å²) >= 11 is 1.41. The number of benzene rings is 2. The van der Waals surface area contributed by atoms with Gasteiger partial charge in [0.1, 0.15) is 0 Å². The monoisotopic (exact) mass is 442 g/mol. The number of aliphatic imine (C=N–C) groups is 1. The molecule has 0 bridgehead atoms. The van der Waals surface area contributed by atoms with Crippen LogP contribution in [0, 0.1) is 6.92 Å². The fourth-order valence-corrected chi connectivity index (χ4v) is 7.96. The Bertz CT molecular complexity index is 1090. The minimum Gasteiger partial charge on any atom is -0.316 e. The zero-order valence-corrected chi connectivity index (χ0v) is 19.0. The third-order valence-electron chi connectivity index (χ3n) is 5.56. The molecule has 0 saturated carbocycles. The van der Waals surface area contributed by atoms with Crippen LogP contribution in [0.2, 0.25) is 0 Å². The van der Waals surface area contributed by atoms with Gasteiger partial charge in [-0.1, -0.05) is 67.6 Å². The third-order valence-corrected chi connectivity index (χ3v) is 8.77. The van der Waals surface area contributed by atoms with Gasteiger partial charge in [-0.3, -0.25) is 4.79 Å². The fraction of sp³-hybridized carbons (Fsp3) is 0.391. The molecular formula is C23H26N2O3S2. The topological polar surface area (TPSA) is 66.8 Å². The summed E-state index contributed by atoms with van der Waals surface area (Å²) in [5.41, 5.74) is 4.14. The summed E-state index contributed by atoms with van der Waals surface area (Å²) in [5, 5.41) is 0.514. The van der Waals surface area contributed by atoms with E-state index in [4.69, 9.17) is 0 Å². The second kappa shape index (κ2) is 8.19. The molecule has 2 saturated heterocycles. The molecule has 158 valence electrons. The van der Waals surface area contributed by atoms with Crippen LogP contribution < -0.4 is 4.90 Å². The van der Waals surface area contributed by atoms with Gasteiger partial charge >= 0.3 is 0 Å². The van der Waals surface area contributed by atoms with Crippen molar-refractivity contribution in [1.29, 1.82) is 0 Å². The molecule has 2 aromatic carbocycles. The van der Waals surface area contributed by atoms with Crippen molar-refractivity contribution < 1.29 is 13.2 Å². The summed E-state index contributed by atoms with van der Waals surface area (Å²) in [6.45, 7) is 6.27. The Morgan fingerprint density at radius 2 is 1.90 bits per heavy atom. The van der Waals surface area contributed by atoms with Gasteiger partial charge in [-0.25, -0.2) is 8.42 Å². The van der Waals surface area contributed by atoms with E-state index in [9.17, 15) is 13.2 Å². The second-order valence-corrected chi connectivity index (χ2v) is 11.7. The number of rotatable bonds is 4. The van der Waals surface area contributed by atoms with Crippen LogP contribution in [-0.2, 0) is 21.1 Å². The van der Waals surface area contributed by atoms with E-state index in [1.54, 1.807) is 0 Å². The van der Waals surface area contributed by atoms with Crippen LogP contribution >= 0.6 is 11.8 Å². The Morgan fingerprint density at radius 3 is 2.57 bits per heavy atom. The predicted octanol–water partition coefficient (Wildman–Crippen LogP) is 3.96. The molecule has 2 aromatic rings. The number of sulfone groups is 1. The molecular weight excluding hydrogens is 416 g/mol. The van der Waals surface area contributed by atoms with Crippen molar-refractivity contribution >= 4 is 38.4 Å². The number of anilines is 1. The Hall–Kier alpha value is -2.12. The molecule has 4 rings (SSSR count). The molecule has 2 aliphatic heterocycles. The number of nitrogens with zero attached hydrogens (tertiary/aromatic N) is 2. The van der Waals surface area contributed by atoms with Gasteiger partial charge in [0.15, 0.2) is 15.0 Å². The van der Waals surface area contributed by atoms with Crippen molar-refractivity contribution in [1.82, 2.24) is 0 Å². The normalized spacial score (nSPS) is 23.9. The predicted molar refractivity (Wildman–Crippen MR) is 124 cm³/mol. The van der Waals surface area contributed by atoms with Gasteiger partial charge in [-0.2, -0.15) is 4.99 Å². The minimum atomic E-state index is -3.08. The van der Waals surface area contributed by atoms with Crippen molar-refractivity contribution in [3.8, 4) is 0 Å². The Balaban J connectivity index is 1.63.